The number of thiol groups is 1. The first-order chi connectivity index (χ1) is 16.0. The van der Waals surface area contributed by atoms with Crippen LogP contribution in [0.1, 0.15) is 42.4 Å². The van der Waals surface area contributed by atoms with E-state index in [1.807, 2.05) is 35.2 Å². The van der Waals surface area contributed by atoms with Crippen molar-refractivity contribution in [3.8, 4) is 11.1 Å². The number of amides is 2. The molecule has 1 spiro atoms. The number of hydrogen-bond acceptors (Lipinski definition) is 4. The third-order valence-electron chi connectivity index (χ3n) is 7.16. The van der Waals surface area contributed by atoms with Crippen LogP contribution < -0.4 is 15.4 Å². The minimum absolute atomic E-state index is 0.0291. The molecule has 2 aliphatic rings. The van der Waals surface area contributed by atoms with E-state index in [1.54, 1.807) is 0 Å². The van der Waals surface area contributed by atoms with E-state index in [0.29, 0.717) is 6.54 Å². The molecule has 0 atom stereocenters. The van der Waals surface area contributed by atoms with Crippen molar-refractivity contribution in [1.29, 1.82) is 0 Å². The number of benzene rings is 3. The third-order valence-corrected chi connectivity index (χ3v) is 7.98. The van der Waals surface area contributed by atoms with Gasteiger partial charge in [-0.3, -0.25) is 10.0 Å². The molecule has 0 bridgehead atoms. The highest BCUT2D eigenvalue weighted by Crippen LogP contribution is 2.51. The van der Waals surface area contributed by atoms with Crippen LogP contribution in [0.15, 0.2) is 70.5 Å². The zero-order valence-corrected chi connectivity index (χ0v) is 20.5. The molecule has 0 radical (unpaired) electrons. The van der Waals surface area contributed by atoms with Gasteiger partial charge >= 0.3 is 6.03 Å². The molecule has 0 unspecified atom stereocenters. The molecular weight excluding hydrogens is 446 g/mol. The van der Waals surface area contributed by atoms with Crippen LogP contribution >= 0.6 is 24.6 Å². The van der Waals surface area contributed by atoms with Crippen LogP contribution in [0.3, 0.4) is 0 Å². The summed E-state index contributed by atoms with van der Waals surface area (Å²) in [6, 6.07) is 20.8. The van der Waals surface area contributed by atoms with Crippen LogP contribution in [0.4, 0.5) is 10.5 Å². The molecule has 1 saturated carbocycles. The van der Waals surface area contributed by atoms with Gasteiger partial charge in [-0.05, 0) is 95.9 Å². The molecule has 3 N–H and O–H groups in total. The molecule has 3 aromatic carbocycles. The SMILES string of the molecule is Cc1ccc(S)cc1-c1ccc2c(c1)C1(CCCC1)CN2C(=O)NCc1ccc(SN)cc1. The first-order valence-electron chi connectivity index (χ1n) is 11.4. The predicted molar refractivity (Wildman–Crippen MR) is 140 cm³/mol. The number of nitrogens with two attached hydrogens (primary N) is 1. The van der Waals surface area contributed by atoms with Crippen molar-refractivity contribution in [2.24, 2.45) is 5.14 Å². The maximum absolute atomic E-state index is 13.3. The molecular formula is C27H29N3OS2. The van der Waals surface area contributed by atoms with Crippen LogP contribution in [0.5, 0.6) is 0 Å². The van der Waals surface area contributed by atoms with Gasteiger partial charge in [-0.2, -0.15) is 0 Å². The largest absolute Gasteiger partial charge is 0.334 e. The number of anilines is 1. The van der Waals surface area contributed by atoms with Crippen molar-refractivity contribution >= 4 is 36.3 Å². The minimum atomic E-state index is -0.0291. The van der Waals surface area contributed by atoms with E-state index in [1.165, 1.54) is 47.0 Å². The maximum Gasteiger partial charge on any atom is 0.322 e. The highest BCUT2D eigenvalue weighted by atomic mass is 32.2. The number of nitrogens with zero attached hydrogens (tertiary/aromatic N) is 1. The van der Waals surface area contributed by atoms with E-state index in [0.717, 1.165) is 40.4 Å². The smallest absolute Gasteiger partial charge is 0.322 e. The Morgan fingerprint density at radius 1 is 1.09 bits per heavy atom. The topological polar surface area (TPSA) is 58.4 Å². The fourth-order valence-electron chi connectivity index (χ4n) is 5.38. The van der Waals surface area contributed by atoms with Gasteiger partial charge in [0, 0.05) is 34.0 Å². The Bertz CT molecular complexity index is 1190. The number of nitrogens with one attached hydrogen (secondary N) is 1. The zero-order chi connectivity index (χ0) is 23.0. The molecule has 5 rings (SSSR count). The van der Waals surface area contributed by atoms with Gasteiger partial charge in [0.1, 0.15) is 0 Å². The van der Waals surface area contributed by atoms with Crippen LogP contribution in [0, 0.1) is 6.92 Å². The van der Waals surface area contributed by atoms with Crippen molar-refractivity contribution in [2.45, 2.75) is 54.4 Å². The lowest BCUT2D eigenvalue weighted by Crippen LogP contribution is -2.41. The number of carbonyl (C=O) groups excluding carboxylic acids is 1. The van der Waals surface area contributed by atoms with Crippen LogP contribution in [-0.4, -0.2) is 12.6 Å². The first-order valence-corrected chi connectivity index (χ1v) is 12.8. The van der Waals surface area contributed by atoms with E-state index < -0.39 is 0 Å². The number of aryl methyl sites for hydroxylation is 1. The molecule has 1 aliphatic carbocycles. The minimum Gasteiger partial charge on any atom is -0.334 e. The second-order valence-electron chi connectivity index (χ2n) is 9.23. The normalized spacial score (nSPS) is 16.3. The highest BCUT2D eigenvalue weighted by Gasteiger charge is 2.46. The Labute approximate surface area is 205 Å². The van der Waals surface area contributed by atoms with E-state index >= 15 is 0 Å². The molecule has 2 amide bonds. The highest BCUT2D eigenvalue weighted by molar-refractivity contribution is 7.97. The molecule has 4 nitrogen and oxygen atoms in total. The third kappa shape index (κ3) is 4.27. The van der Waals surface area contributed by atoms with Gasteiger partial charge in [-0.1, -0.05) is 37.1 Å². The molecule has 170 valence electrons. The lowest BCUT2D eigenvalue weighted by molar-refractivity contribution is 0.245. The van der Waals surface area contributed by atoms with Crippen molar-refractivity contribution in [3.63, 3.8) is 0 Å². The number of rotatable bonds is 4. The van der Waals surface area contributed by atoms with Crippen LogP contribution in [0.25, 0.3) is 11.1 Å². The molecule has 0 aromatic heterocycles. The number of hydrogen-bond donors (Lipinski definition) is 3. The van der Waals surface area contributed by atoms with Gasteiger partial charge in [0.05, 0.1) is 0 Å². The molecule has 6 heteroatoms. The van der Waals surface area contributed by atoms with E-state index in [-0.39, 0.29) is 11.4 Å². The Kier molecular flexibility index (Phi) is 6.16. The van der Waals surface area contributed by atoms with E-state index in [2.05, 4.69) is 55.2 Å². The molecule has 1 heterocycles. The summed E-state index contributed by atoms with van der Waals surface area (Å²) < 4.78 is 0. The summed E-state index contributed by atoms with van der Waals surface area (Å²) in [6.45, 7) is 3.39. The maximum atomic E-state index is 13.3. The summed E-state index contributed by atoms with van der Waals surface area (Å²) in [5.41, 5.74) is 7.14. The summed E-state index contributed by atoms with van der Waals surface area (Å²) in [4.78, 5) is 17.2. The lowest BCUT2D eigenvalue weighted by atomic mass is 9.80. The van der Waals surface area contributed by atoms with Crippen LogP contribution in [0.2, 0.25) is 0 Å². The average Bonchev–Trinajstić information content (AvgIpc) is 3.44. The summed E-state index contributed by atoms with van der Waals surface area (Å²) in [5.74, 6) is 0. The molecule has 3 aromatic rings. The van der Waals surface area contributed by atoms with Gasteiger partial charge in [0.25, 0.3) is 0 Å². The van der Waals surface area contributed by atoms with Crippen molar-refractivity contribution in [1.82, 2.24) is 5.32 Å². The second-order valence-corrected chi connectivity index (χ2v) is 10.4. The quantitative estimate of drug-likeness (QED) is 0.300. The second kappa shape index (κ2) is 9.09. The summed E-state index contributed by atoms with van der Waals surface area (Å²) in [7, 11) is 0. The Morgan fingerprint density at radius 2 is 1.85 bits per heavy atom. The zero-order valence-electron chi connectivity index (χ0n) is 18.8. The van der Waals surface area contributed by atoms with Gasteiger partial charge < -0.3 is 5.32 Å². The van der Waals surface area contributed by atoms with Gasteiger partial charge in [-0.15, -0.1) is 12.6 Å². The standard InChI is InChI=1S/C27H29N3OS2/c1-18-4-8-21(32)15-23(18)20-7-11-25-24(14-20)27(12-2-3-13-27)17-30(25)26(31)29-16-19-5-9-22(33-28)10-6-19/h4-11,14-15,32H,2-3,12-13,16-17,28H2,1H3,(H,29,31). The fraction of sp³-hybridized carbons (Fsp3) is 0.296. The Balaban J connectivity index is 1.43. The van der Waals surface area contributed by atoms with Crippen LogP contribution in [-0.2, 0) is 12.0 Å². The number of urea groups is 1. The fourth-order valence-corrected chi connectivity index (χ4v) is 5.87. The summed E-state index contributed by atoms with van der Waals surface area (Å²) in [5, 5.41) is 8.73. The summed E-state index contributed by atoms with van der Waals surface area (Å²) in [6.07, 6.45) is 4.71. The number of fused-ring (bicyclic) bond motifs is 2. The average molecular weight is 476 g/mol. The van der Waals surface area contributed by atoms with Gasteiger partial charge in [-0.25, -0.2) is 4.79 Å². The van der Waals surface area contributed by atoms with Crippen molar-refractivity contribution in [2.75, 3.05) is 11.4 Å². The van der Waals surface area contributed by atoms with E-state index in [9.17, 15) is 4.79 Å². The molecule has 1 aliphatic heterocycles. The first kappa shape index (κ1) is 22.4. The molecule has 33 heavy (non-hydrogen) atoms. The summed E-state index contributed by atoms with van der Waals surface area (Å²) >= 11 is 5.78. The molecule has 1 fully saturated rings. The van der Waals surface area contributed by atoms with E-state index in [4.69, 9.17) is 5.14 Å². The molecule has 0 saturated heterocycles. The monoisotopic (exact) mass is 475 g/mol. The lowest BCUT2D eigenvalue weighted by Gasteiger charge is -2.25. The van der Waals surface area contributed by atoms with Gasteiger partial charge in [0.2, 0.25) is 0 Å². The predicted octanol–water partition coefficient (Wildman–Crippen LogP) is 6.46. The number of carbonyl (C=O) groups is 1. The van der Waals surface area contributed by atoms with Crippen molar-refractivity contribution in [3.05, 3.63) is 77.4 Å². The van der Waals surface area contributed by atoms with Crippen molar-refractivity contribution < 1.29 is 4.79 Å². The Hall–Kier alpha value is -2.41. The Morgan fingerprint density at radius 3 is 2.58 bits per heavy atom. The van der Waals surface area contributed by atoms with Gasteiger partial charge in [0.15, 0.2) is 0 Å².